The van der Waals surface area contributed by atoms with E-state index in [-0.39, 0.29) is 31.1 Å². The van der Waals surface area contributed by atoms with Gasteiger partial charge in [-0.15, -0.1) is 0 Å². The Morgan fingerprint density at radius 3 is 2.38 bits per heavy atom. The molecule has 0 aliphatic carbocycles. The van der Waals surface area contributed by atoms with Crippen LogP contribution in [-0.2, 0) is 28.0 Å². The van der Waals surface area contributed by atoms with Gasteiger partial charge < -0.3 is 4.74 Å². The maximum absolute atomic E-state index is 13.7. The molecule has 1 aromatic heterocycles. The van der Waals surface area contributed by atoms with Gasteiger partial charge in [0.2, 0.25) is 10.0 Å². The maximum Gasteiger partial charge on any atom is 0.417 e. The minimum absolute atomic E-state index is 0.0253. The van der Waals surface area contributed by atoms with Crippen molar-refractivity contribution in [3.63, 3.8) is 0 Å². The van der Waals surface area contributed by atoms with Gasteiger partial charge in [0.05, 0.1) is 23.3 Å². The quantitative estimate of drug-likeness (QED) is 0.437. The summed E-state index contributed by atoms with van der Waals surface area (Å²) in [6, 6.07) is 12.5. The van der Waals surface area contributed by atoms with E-state index in [0.29, 0.717) is 13.0 Å². The third kappa shape index (κ3) is 5.13. The van der Waals surface area contributed by atoms with E-state index in [0.717, 1.165) is 47.5 Å². The summed E-state index contributed by atoms with van der Waals surface area (Å²) in [5, 5.41) is 4.33. The first kappa shape index (κ1) is 27.8. The second-order valence-electron chi connectivity index (χ2n) is 10.3. The third-order valence-electron chi connectivity index (χ3n) is 8.14. The second kappa shape index (κ2) is 10.7. The lowest BCUT2D eigenvalue weighted by atomic mass is 9.74. The molecule has 2 aliphatic heterocycles. The largest absolute Gasteiger partial charge is 0.417 e. The molecule has 0 unspecified atom stereocenters. The Labute approximate surface area is 227 Å². The fourth-order valence-corrected chi connectivity index (χ4v) is 7.72. The molecule has 0 N–H and O–H groups in total. The highest BCUT2D eigenvalue weighted by Crippen LogP contribution is 2.44. The molecule has 3 heterocycles. The van der Waals surface area contributed by atoms with Crippen LogP contribution in [0.5, 0.6) is 0 Å². The molecule has 0 bridgehead atoms. The molecule has 7 nitrogen and oxygen atoms in total. The van der Waals surface area contributed by atoms with Crippen LogP contribution in [0.15, 0.2) is 59.6 Å². The summed E-state index contributed by atoms with van der Waals surface area (Å²) in [6.07, 6.45) is -1.62. The number of alkyl halides is 3. The van der Waals surface area contributed by atoms with Crippen molar-refractivity contribution < 1.29 is 26.3 Å². The molecular weight excluding hydrogens is 529 g/mol. The number of sulfonamides is 1. The summed E-state index contributed by atoms with van der Waals surface area (Å²) >= 11 is 0. The van der Waals surface area contributed by atoms with Crippen molar-refractivity contribution in [2.24, 2.45) is 7.05 Å². The smallest absolute Gasteiger partial charge is 0.383 e. The molecule has 0 radical (unpaired) electrons. The van der Waals surface area contributed by atoms with E-state index in [4.69, 9.17) is 4.74 Å². The van der Waals surface area contributed by atoms with Crippen molar-refractivity contribution in [3.05, 3.63) is 71.5 Å². The first-order chi connectivity index (χ1) is 18.5. The van der Waals surface area contributed by atoms with Gasteiger partial charge in [-0.05, 0) is 49.6 Å². The highest BCUT2D eigenvalue weighted by Gasteiger charge is 2.51. The lowest BCUT2D eigenvalue weighted by Gasteiger charge is -2.57. The number of rotatable bonds is 6. The first-order valence-electron chi connectivity index (χ1n) is 13.0. The number of aromatic nitrogens is 2. The van der Waals surface area contributed by atoms with Gasteiger partial charge >= 0.3 is 6.18 Å². The Bertz CT molecular complexity index is 1420. The zero-order valence-corrected chi connectivity index (χ0v) is 23.0. The molecule has 5 rings (SSSR count). The van der Waals surface area contributed by atoms with Gasteiger partial charge in [-0.3, -0.25) is 9.58 Å². The van der Waals surface area contributed by atoms with Crippen LogP contribution in [0.2, 0.25) is 0 Å². The fourth-order valence-electron chi connectivity index (χ4n) is 6.01. The predicted molar refractivity (Wildman–Crippen MR) is 142 cm³/mol. The number of benzene rings is 2. The van der Waals surface area contributed by atoms with Crippen LogP contribution in [0, 0.1) is 6.92 Å². The summed E-state index contributed by atoms with van der Waals surface area (Å²) in [7, 11) is -0.830. The fraction of sp³-hybridized carbons (Fsp3) is 0.464. The molecule has 0 amide bonds. The summed E-state index contributed by atoms with van der Waals surface area (Å²) < 4.78 is 77.1. The van der Waals surface area contributed by atoms with Gasteiger partial charge in [0.15, 0.2) is 0 Å². The van der Waals surface area contributed by atoms with E-state index >= 15 is 0 Å². The standard InChI is InChI=1S/C28H33F3N4O3S/c1-19-22(16-32-33(19)2)20-10-12-21(13-11-20)27-24-17-34(14-6-7-15-35(24)25(27)18-38-3)39(36,37)26-9-5-4-8-23(26)28(29,30)31/h4-5,8-13,16,24-25,27H,6-7,14-15,17-18H2,1-3H3/t24-,25+,27-/m0/s1. The van der Waals surface area contributed by atoms with Crippen LogP contribution < -0.4 is 0 Å². The SMILES string of the molecule is COC[C@@H]1[C@@H](c2ccc(-c3cnn(C)c3C)cc2)[C@@H]2CN(S(=O)(=O)c3ccccc3C(F)(F)F)CCCCN12. The normalized spacial score (nSPS) is 23.1. The van der Waals surface area contributed by atoms with Crippen LogP contribution in [0.3, 0.4) is 0 Å². The average molecular weight is 563 g/mol. The summed E-state index contributed by atoms with van der Waals surface area (Å²) in [6.45, 7) is 3.57. The van der Waals surface area contributed by atoms with E-state index in [1.165, 1.54) is 16.4 Å². The van der Waals surface area contributed by atoms with Gasteiger partial charge in [0.25, 0.3) is 0 Å². The Balaban J connectivity index is 1.47. The minimum Gasteiger partial charge on any atom is -0.383 e. The van der Waals surface area contributed by atoms with E-state index in [1.807, 2.05) is 37.0 Å². The zero-order valence-electron chi connectivity index (χ0n) is 22.2. The number of fused-ring (bicyclic) bond motifs is 1. The molecule has 2 aliphatic rings. The van der Waals surface area contributed by atoms with Gasteiger partial charge in [-0.1, -0.05) is 36.4 Å². The number of halogens is 3. The summed E-state index contributed by atoms with van der Waals surface area (Å²) in [5.41, 5.74) is 3.05. The molecule has 0 spiro atoms. The number of methoxy groups -OCH3 is 1. The lowest BCUT2D eigenvalue weighted by Crippen LogP contribution is -2.68. The van der Waals surface area contributed by atoms with Crippen molar-refractivity contribution in [3.8, 4) is 11.1 Å². The maximum atomic E-state index is 13.7. The van der Waals surface area contributed by atoms with Crippen molar-refractivity contribution in [2.45, 2.75) is 48.8 Å². The number of nitrogens with zero attached hydrogens (tertiary/aromatic N) is 4. The average Bonchev–Trinajstić information content (AvgIpc) is 3.22. The lowest BCUT2D eigenvalue weighted by molar-refractivity contribution is -0.139. The highest BCUT2D eigenvalue weighted by molar-refractivity contribution is 7.89. The van der Waals surface area contributed by atoms with E-state index in [1.54, 1.807) is 7.11 Å². The van der Waals surface area contributed by atoms with Crippen molar-refractivity contribution in [2.75, 3.05) is 33.4 Å². The molecule has 39 heavy (non-hydrogen) atoms. The topological polar surface area (TPSA) is 67.7 Å². The molecule has 210 valence electrons. The Kier molecular flexibility index (Phi) is 7.62. The number of hydrogen-bond acceptors (Lipinski definition) is 5. The zero-order chi connectivity index (χ0) is 27.9. The number of aryl methyl sites for hydroxylation is 1. The number of hydrogen-bond donors (Lipinski definition) is 0. The Morgan fingerprint density at radius 2 is 1.74 bits per heavy atom. The van der Waals surface area contributed by atoms with Crippen molar-refractivity contribution in [1.29, 1.82) is 0 Å². The van der Waals surface area contributed by atoms with E-state index in [9.17, 15) is 21.6 Å². The minimum atomic E-state index is -4.77. The Morgan fingerprint density at radius 1 is 1.05 bits per heavy atom. The van der Waals surface area contributed by atoms with Crippen LogP contribution in [0.25, 0.3) is 11.1 Å². The first-order valence-corrected chi connectivity index (χ1v) is 14.5. The van der Waals surface area contributed by atoms with E-state index < -0.39 is 26.7 Å². The molecule has 2 aromatic carbocycles. The van der Waals surface area contributed by atoms with Crippen LogP contribution in [0.1, 0.15) is 35.6 Å². The predicted octanol–water partition coefficient (Wildman–Crippen LogP) is 4.68. The van der Waals surface area contributed by atoms with Crippen LogP contribution >= 0.6 is 0 Å². The molecule has 11 heteroatoms. The molecule has 2 fully saturated rings. The van der Waals surface area contributed by atoms with Crippen molar-refractivity contribution >= 4 is 10.0 Å². The van der Waals surface area contributed by atoms with Gasteiger partial charge in [0.1, 0.15) is 0 Å². The van der Waals surface area contributed by atoms with Gasteiger partial charge in [-0.25, -0.2) is 8.42 Å². The summed E-state index contributed by atoms with van der Waals surface area (Å²) in [5.74, 6) is -0.0253. The van der Waals surface area contributed by atoms with Crippen LogP contribution in [-0.4, -0.2) is 72.8 Å². The van der Waals surface area contributed by atoms with Gasteiger partial charge in [0, 0.05) is 56.5 Å². The molecule has 3 atom stereocenters. The summed E-state index contributed by atoms with van der Waals surface area (Å²) in [4.78, 5) is 1.56. The molecule has 0 saturated carbocycles. The Hall–Kier alpha value is -2.73. The third-order valence-corrected chi connectivity index (χ3v) is 10.1. The van der Waals surface area contributed by atoms with E-state index in [2.05, 4.69) is 22.1 Å². The second-order valence-corrected chi connectivity index (χ2v) is 12.2. The van der Waals surface area contributed by atoms with Gasteiger partial charge in [-0.2, -0.15) is 22.6 Å². The monoisotopic (exact) mass is 562 g/mol. The van der Waals surface area contributed by atoms with Crippen LogP contribution in [0.4, 0.5) is 13.2 Å². The molecule has 2 saturated heterocycles. The number of ether oxygens (including phenoxy) is 1. The van der Waals surface area contributed by atoms with Crippen molar-refractivity contribution in [1.82, 2.24) is 19.0 Å². The molecule has 3 aromatic rings. The molecular formula is C28H33F3N4O3S. The highest BCUT2D eigenvalue weighted by atomic mass is 32.2.